The van der Waals surface area contributed by atoms with Gasteiger partial charge >= 0.3 is 0 Å². The molecule has 2 heterocycles. The highest BCUT2D eigenvalue weighted by Gasteiger charge is 2.18. The van der Waals surface area contributed by atoms with Gasteiger partial charge in [0, 0.05) is 25.2 Å². The average Bonchev–Trinajstić information content (AvgIpc) is 3.14. The molecule has 7 nitrogen and oxygen atoms in total. The number of benzene rings is 1. The van der Waals surface area contributed by atoms with E-state index in [1.807, 2.05) is 17.0 Å². The van der Waals surface area contributed by atoms with E-state index in [0.717, 1.165) is 31.5 Å². The lowest BCUT2D eigenvalue weighted by Gasteiger charge is -2.20. The monoisotopic (exact) mass is 397 g/mol. The van der Waals surface area contributed by atoms with Crippen LogP contribution in [0, 0.1) is 0 Å². The van der Waals surface area contributed by atoms with Crippen molar-refractivity contribution in [2.75, 3.05) is 13.1 Å². The number of hydrogen-bond donors (Lipinski definition) is 2. The number of carbonyl (C=O) groups is 3. The van der Waals surface area contributed by atoms with E-state index in [4.69, 9.17) is 4.42 Å². The van der Waals surface area contributed by atoms with Gasteiger partial charge in [0.2, 0.25) is 5.91 Å². The van der Waals surface area contributed by atoms with Gasteiger partial charge in [-0.2, -0.15) is 0 Å². The van der Waals surface area contributed by atoms with Crippen LogP contribution in [0.25, 0.3) is 0 Å². The Morgan fingerprint density at radius 2 is 1.69 bits per heavy atom. The fraction of sp³-hybridized carbons (Fsp3) is 0.409. The molecule has 0 spiro atoms. The molecule has 1 unspecified atom stereocenters. The maximum absolute atomic E-state index is 12.6. The first-order valence-electron chi connectivity index (χ1n) is 10.0. The number of carbonyl (C=O) groups excluding carboxylic acids is 3. The standard InChI is InChI=1S/C22H27N3O4/c1-16(24-21(27)19-10-13-29-15-19)20(26)23-14-17-6-8-18(9-7-17)22(28)25-11-4-2-3-5-12-25/h6-10,13,15-16H,2-5,11-12,14H2,1H3,(H,23,26)(H,24,27). The zero-order valence-electron chi connectivity index (χ0n) is 16.6. The minimum absolute atomic E-state index is 0.0677. The second-order valence-electron chi connectivity index (χ2n) is 7.33. The summed E-state index contributed by atoms with van der Waals surface area (Å²) in [4.78, 5) is 38.7. The molecule has 1 aliphatic rings. The highest BCUT2D eigenvalue weighted by Crippen LogP contribution is 2.14. The van der Waals surface area contributed by atoms with E-state index in [-0.39, 0.29) is 17.7 Å². The number of amides is 3. The summed E-state index contributed by atoms with van der Waals surface area (Å²) in [6, 6.07) is 8.16. The van der Waals surface area contributed by atoms with Crippen molar-refractivity contribution in [2.45, 2.75) is 45.2 Å². The summed E-state index contributed by atoms with van der Waals surface area (Å²) in [5.41, 5.74) is 1.93. The Bertz CT molecular complexity index is 822. The third-order valence-electron chi connectivity index (χ3n) is 5.09. The largest absolute Gasteiger partial charge is 0.472 e. The fourth-order valence-electron chi connectivity index (χ4n) is 3.30. The van der Waals surface area contributed by atoms with Crippen LogP contribution >= 0.6 is 0 Å². The lowest BCUT2D eigenvalue weighted by Crippen LogP contribution is -2.44. The lowest BCUT2D eigenvalue weighted by atomic mass is 10.1. The minimum atomic E-state index is -0.679. The van der Waals surface area contributed by atoms with Gasteiger partial charge in [-0.05, 0) is 43.5 Å². The molecule has 2 aromatic rings. The van der Waals surface area contributed by atoms with Crippen LogP contribution in [0.15, 0.2) is 47.3 Å². The molecule has 1 saturated heterocycles. The molecular formula is C22H27N3O4. The molecule has 29 heavy (non-hydrogen) atoms. The van der Waals surface area contributed by atoms with Crippen molar-refractivity contribution in [3.63, 3.8) is 0 Å². The Balaban J connectivity index is 1.48. The molecule has 0 aliphatic carbocycles. The Kier molecular flexibility index (Phi) is 7.05. The Labute approximate surface area is 170 Å². The SMILES string of the molecule is CC(NC(=O)c1ccoc1)C(=O)NCc1ccc(C(=O)N2CCCCCC2)cc1. The number of rotatable bonds is 6. The summed E-state index contributed by atoms with van der Waals surface area (Å²) in [5.74, 6) is -0.581. The predicted molar refractivity (Wildman–Crippen MR) is 108 cm³/mol. The number of nitrogens with zero attached hydrogens (tertiary/aromatic N) is 1. The zero-order valence-corrected chi connectivity index (χ0v) is 16.6. The van der Waals surface area contributed by atoms with E-state index in [1.165, 1.54) is 31.4 Å². The fourth-order valence-corrected chi connectivity index (χ4v) is 3.30. The smallest absolute Gasteiger partial charge is 0.255 e. The maximum atomic E-state index is 12.6. The number of hydrogen-bond acceptors (Lipinski definition) is 4. The van der Waals surface area contributed by atoms with Crippen molar-refractivity contribution in [1.82, 2.24) is 15.5 Å². The second kappa shape index (κ2) is 9.91. The average molecular weight is 397 g/mol. The van der Waals surface area contributed by atoms with Crippen LogP contribution in [0.1, 0.15) is 58.9 Å². The highest BCUT2D eigenvalue weighted by atomic mass is 16.3. The van der Waals surface area contributed by atoms with E-state index in [2.05, 4.69) is 10.6 Å². The molecule has 0 radical (unpaired) electrons. The summed E-state index contributed by atoms with van der Waals surface area (Å²) >= 11 is 0. The van der Waals surface area contributed by atoms with E-state index in [1.54, 1.807) is 19.1 Å². The molecule has 1 atom stereocenters. The summed E-state index contributed by atoms with van der Waals surface area (Å²) in [5, 5.41) is 5.42. The van der Waals surface area contributed by atoms with Crippen LogP contribution < -0.4 is 10.6 Å². The van der Waals surface area contributed by atoms with Gasteiger partial charge in [-0.1, -0.05) is 25.0 Å². The molecule has 1 aliphatic heterocycles. The molecule has 2 N–H and O–H groups in total. The molecule has 0 saturated carbocycles. The number of furan rings is 1. The summed E-state index contributed by atoms with van der Waals surface area (Å²) in [6.45, 7) is 3.58. The molecule has 1 fully saturated rings. The summed E-state index contributed by atoms with van der Waals surface area (Å²) < 4.78 is 4.87. The Morgan fingerprint density at radius 1 is 1.00 bits per heavy atom. The number of likely N-dealkylation sites (tertiary alicyclic amines) is 1. The topological polar surface area (TPSA) is 91.6 Å². The molecule has 1 aromatic carbocycles. The lowest BCUT2D eigenvalue weighted by molar-refractivity contribution is -0.122. The molecule has 154 valence electrons. The van der Waals surface area contributed by atoms with Crippen LogP contribution in [-0.2, 0) is 11.3 Å². The van der Waals surface area contributed by atoms with E-state index >= 15 is 0 Å². The van der Waals surface area contributed by atoms with Gasteiger partial charge in [0.1, 0.15) is 12.3 Å². The molecule has 0 bridgehead atoms. The van der Waals surface area contributed by atoms with Crippen molar-refractivity contribution < 1.29 is 18.8 Å². The van der Waals surface area contributed by atoms with Gasteiger partial charge in [-0.15, -0.1) is 0 Å². The van der Waals surface area contributed by atoms with E-state index in [9.17, 15) is 14.4 Å². The Morgan fingerprint density at radius 3 is 2.31 bits per heavy atom. The minimum Gasteiger partial charge on any atom is -0.472 e. The molecule has 7 heteroatoms. The molecule has 1 aromatic heterocycles. The highest BCUT2D eigenvalue weighted by molar-refractivity contribution is 5.97. The Hall–Kier alpha value is -3.09. The predicted octanol–water partition coefficient (Wildman–Crippen LogP) is 2.73. The maximum Gasteiger partial charge on any atom is 0.255 e. The number of nitrogens with one attached hydrogen (secondary N) is 2. The quantitative estimate of drug-likeness (QED) is 0.784. The van der Waals surface area contributed by atoms with Gasteiger partial charge in [-0.25, -0.2) is 0 Å². The first-order chi connectivity index (χ1) is 14.0. The van der Waals surface area contributed by atoms with Gasteiger partial charge in [0.25, 0.3) is 11.8 Å². The van der Waals surface area contributed by atoms with Crippen LogP contribution in [0.3, 0.4) is 0 Å². The van der Waals surface area contributed by atoms with Gasteiger partial charge in [0.15, 0.2) is 0 Å². The van der Waals surface area contributed by atoms with Gasteiger partial charge in [-0.3, -0.25) is 14.4 Å². The normalized spacial score (nSPS) is 15.3. The molecular weight excluding hydrogens is 370 g/mol. The van der Waals surface area contributed by atoms with Gasteiger partial charge < -0.3 is 20.0 Å². The first-order valence-corrected chi connectivity index (χ1v) is 10.0. The van der Waals surface area contributed by atoms with Crippen LogP contribution in [0.5, 0.6) is 0 Å². The first kappa shape index (κ1) is 20.6. The van der Waals surface area contributed by atoms with Crippen molar-refractivity contribution in [3.05, 3.63) is 59.5 Å². The third kappa shape index (κ3) is 5.70. The van der Waals surface area contributed by atoms with Crippen molar-refractivity contribution in [3.8, 4) is 0 Å². The van der Waals surface area contributed by atoms with Gasteiger partial charge in [0.05, 0.1) is 11.8 Å². The van der Waals surface area contributed by atoms with E-state index in [0.29, 0.717) is 17.7 Å². The van der Waals surface area contributed by atoms with Crippen LogP contribution in [0.4, 0.5) is 0 Å². The second-order valence-corrected chi connectivity index (χ2v) is 7.33. The van der Waals surface area contributed by atoms with Crippen LogP contribution in [-0.4, -0.2) is 41.8 Å². The zero-order chi connectivity index (χ0) is 20.6. The van der Waals surface area contributed by atoms with Crippen molar-refractivity contribution in [2.24, 2.45) is 0 Å². The molecule has 3 rings (SSSR count). The van der Waals surface area contributed by atoms with Crippen molar-refractivity contribution in [1.29, 1.82) is 0 Å². The van der Waals surface area contributed by atoms with Crippen molar-refractivity contribution >= 4 is 17.7 Å². The third-order valence-corrected chi connectivity index (χ3v) is 5.09. The molecule has 3 amide bonds. The van der Waals surface area contributed by atoms with Crippen LogP contribution in [0.2, 0.25) is 0 Å². The van der Waals surface area contributed by atoms with E-state index < -0.39 is 6.04 Å². The summed E-state index contributed by atoms with van der Waals surface area (Å²) in [7, 11) is 0. The summed E-state index contributed by atoms with van der Waals surface area (Å²) in [6.07, 6.45) is 7.22.